The van der Waals surface area contributed by atoms with Crippen molar-refractivity contribution in [2.45, 2.75) is 13.8 Å². The highest BCUT2D eigenvalue weighted by molar-refractivity contribution is 6.04. The van der Waals surface area contributed by atoms with E-state index in [4.69, 9.17) is 9.47 Å². The van der Waals surface area contributed by atoms with Crippen LogP contribution in [0.5, 0.6) is 11.5 Å². The summed E-state index contributed by atoms with van der Waals surface area (Å²) < 4.78 is 10.6. The summed E-state index contributed by atoms with van der Waals surface area (Å²) in [5.41, 5.74) is 3.71. The van der Waals surface area contributed by atoms with Crippen molar-refractivity contribution >= 4 is 23.2 Å². The number of aryl methyl sites for hydroxylation is 2. The van der Waals surface area contributed by atoms with Gasteiger partial charge in [-0.1, -0.05) is 6.07 Å². The van der Waals surface area contributed by atoms with Crippen LogP contribution in [0.4, 0.5) is 17.3 Å². The van der Waals surface area contributed by atoms with E-state index < -0.39 is 0 Å². The van der Waals surface area contributed by atoms with Crippen LogP contribution in [0.3, 0.4) is 0 Å². The van der Waals surface area contributed by atoms with Gasteiger partial charge in [-0.15, -0.1) is 0 Å². The molecule has 0 fully saturated rings. The lowest BCUT2D eigenvalue weighted by Gasteiger charge is -2.10. The summed E-state index contributed by atoms with van der Waals surface area (Å²) in [4.78, 5) is 21.3. The van der Waals surface area contributed by atoms with E-state index in [9.17, 15) is 4.79 Å². The van der Waals surface area contributed by atoms with Gasteiger partial charge in [0.05, 0.1) is 0 Å². The number of carbonyl (C=O) groups excluding carboxylic acids is 1. The average Bonchev–Trinajstić information content (AvgIpc) is 3.08. The molecule has 4 rings (SSSR count). The van der Waals surface area contributed by atoms with Crippen molar-refractivity contribution < 1.29 is 14.3 Å². The fourth-order valence-corrected chi connectivity index (χ4v) is 2.83. The summed E-state index contributed by atoms with van der Waals surface area (Å²) in [6.07, 6.45) is 0. The molecule has 0 unspecified atom stereocenters. The first-order valence-corrected chi connectivity index (χ1v) is 8.47. The number of hydrogen-bond acceptors (Lipinski definition) is 6. The minimum Gasteiger partial charge on any atom is -0.454 e. The van der Waals surface area contributed by atoms with Crippen LogP contribution >= 0.6 is 0 Å². The summed E-state index contributed by atoms with van der Waals surface area (Å²) in [5.74, 6) is 1.51. The molecule has 0 radical (unpaired) electrons. The van der Waals surface area contributed by atoms with E-state index in [1.54, 1.807) is 18.2 Å². The molecule has 136 valence electrons. The molecule has 2 heterocycles. The SMILES string of the molecule is Cc1cc(C)nc(Nc2cccc(NC(=O)c3ccc4c(c3)OCO4)c2)n1. The van der Waals surface area contributed by atoms with Crippen molar-refractivity contribution in [1.29, 1.82) is 0 Å². The van der Waals surface area contributed by atoms with Crippen molar-refractivity contribution in [3.63, 3.8) is 0 Å². The molecule has 2 N–H and O–H groups in total. The number of ether oxygens (including phenoxy) is 2. The Bertz CT molecular complexity index is 1000. The predicted octanol–water partition coefficient (Wildman–Crippen LogP) is 3.82. The molecule has 0 atom stereocenters. The molecule has 7 heteroatoms. The van der Waals surface area contributed by atoms with Gasteiger partial charge in [-0.2, -0.15) is 0 Å². The number of anilines is 3. The predicted molar refractivity (Wildman–Crippen MR) is 102 cm³/mol. The summed E-state index contributed by atoms with van der Waals surface area (Å²) >= 11 is 0. The van der Waals surface area contributed by atoms with Crippen molar-refractivity contribution in [3.8, 4) is 11.5 Å². The fraction of sp³-hybridized carbons (Fsp3) is 0.150. The number of benzene rings is 2. The summed E-state index contributed by atoms with van der Waals surface area (Å²) in [6, 6.07) is 14.4. The molecule has 0 spiro atoms. The lowest BCUT2D eigenvalue weighted by molar-refractivity contribution is 0.102. The Morgan fingerprint density at radius 3 is 2.48 bits per heavy atom. The standard InChI is InChI=1S/C20H18N4O3/c1-12-8-13(2)22-20(21-12)24-16-5-3-4-15(10-16)23-19(25)14-6-7-17-18(9-14)27-11-26-17/h3-10H,11H2,1-2H3,(H,23,25)(H,21,22,24). The molecular weight excluding hydrogens is 344 g/mol. The number of fused-ring (bicyclic) bond motifs is 1. The van der Waals surface area contributed by atoms with Gasteiger partial charge < -0.3 is 20.1 Å². The summed E-state index contributed by atoms with van der Waals surface area (Å²) in [7, 11) is 0. The van der Waals surface area contributed by atoms with E-state index in [1.165, 1.54) is 0 Å². The lowest BCUT2D eigenvalue weighted by atomic mass is 10.2. The first-order chi connectivity index (χ1) is 13.1. The first kappa shape index (κ1) is 16.8. The molecule has 1 aromatic heterocycles. The fourth-order valence-electron chi connectivity index (χ4n) is 2.83. The van der Waals surface area contributed by atoms with Crippen molar-refractivity contribution in [3.05, 3.63) is 65.5 Å². The molecule has 0 saturated heterocycles. The first-order valence-electron chi connectivity index (χ1n) is 8.47. The maximum Gasteiger partial charge on any atom is 0.255 e. The van der Waals surface area contributed by atoms with E-state index in [0.29, 0.717) is 28.7 Å². The Morgan fingerprint density at radius 1 is 0.926 bits per heavy atom. The van der Waals surface area contributed by atoms with Gasteiger partial charge in [-0.05, 0) is 56.3 Å². The maximum absolute atomic E-state index is 12.5. The van der Waals surface area contributed by atoms with Crippen LogP contribution in [0, 0.1) is 13.8 Å². The highest BCUT2D eigenvalue weighted by Gasteiger charge is 2.16. The minimum atomic E-state index is -0.229. The smallest absolute Gasteiger partial charge is 0.255 e. The number of amides is 1. The van der Waals surface area contributed by atoms with E-state index in [1.807, 2.05) is 44.2 Å². The Morgan fingerprint density at radius 2 is 1.67 bits per heavy atom. The van der Waals surface area contributed by atoms with Crippen LogP contribution in [0.1, 0.15) is 21.7 Å². The third kappa shape index (κ3) is 3.82. The van der Waals surface area contributed by atoms with Crippen LogP contribution in [0.15, 0.2) is 48.5 Å². The molecule has 2 aromatic carbocycles. The zero-order valence-corrected chi connectivity index (χ0v) is 14.9. The zero-order chi connectivity index (χ0) is 18.8. The summed E-state index contributed by atoms with van der Waals surface area (Å²) in [5, 5.41) is 6.05. The van der Waals surface area contributed by atoms with Gasteiger partial charge >= 0.3 is 0 Å². The topological polar surface area (TPSA) is 85.4 Å². The number of nitrogens with one attached hydrogen (secondary N) is 2. The largest absolute Gasteiger partial charge is 0.454 e. The summed E-state index contributed by atoms with van der Waals surface area (Å²) in [6.45, 7) is 4.01. The van der Waals surface area contributed by atoms with Gasteiger partial charge in [0, 0.05) is 28.3 Å². The Kier molecular flexibility index (Phi) is 4.33. The Labute approximate surface area is 156 Å². The van der Waals surface area contributed by atoms with E-state index in [0.717, 1.165) is 17.1 Å². The molecule has 3 aromatic rings. The second-order valence-corrected chi connectivity index (χ2v) is 6.20. The lowest BCUT2D eigenvalue weighted by Crippen LogP contribution is -2.12. The third-order valence-corrected chi connectivity index (χ3v) is 3.99. The normalized spacial score (nSPS) is 11.9. The number of nitrogens with zero attached hydrogens (tertiary/aromatic N) is 2. The van der Waals surface area contributed by atoms with Gasteiger partial charge in [-0.25, -0.2) is 9.97 Å². The van der Waals surface area contributed by atoms with Crippen LogP contribution in [0.25, 0.3) is 0 Å². The van der Waals surface area contributed by atoms with Crippen molar-refractivity contribution in [2.24, 2.45) is 0 Å². The molecule has 7 nitrogen and oxygen atoms in total. The van der Waals surface area contributed by atoms with Crippen LogP contribution in [-0.2, 0) is 0 Å². The second-order valence-electron chi connectivity index (χ2n) is 6.20. The Hall–Kier alpha value is -3.61. The van der Waals surface area contributed by atoms with Gasteiger partial charge in [0.15, 0.2) is 11.5 Å². The zero-order valence-electron chi connectivity index (χ0n) is 14.9. The van der Waals surface area contributed by atoms with E-state index in [2.05, 4.69) is 20.6 Å². The molecule has 27 heavy (non-hydrogen) atoms. The van der Waals surface area contributed by atoms with Crippen molar-refractivity contribution in [1.82, 2.24) is 9.97 Å². The highest BCUT2D eigenvalue weighted by Crippen LogP contribution is 2.32. The van der Waals surface area contributed by atoms with E-state index >= 15 is 0 Å². The maximum atomic E-state index is 12.5. The van der Waals surface area contributed by atoms with E-state index in [-0.39, 0.29) is 12.7 Å². The average molecular weight is 362 g/mol. The molecule has 0 bridgehead atoms. The number of hydrogen-bond donors (Lipinski definition) is 2. The molecule has 1 amide bonds. The number of rotatable bonds is 4. The molecule has 0 saturated carbocycles. The highest BCUT2D eigenvalue weighted by atomic mass is 16.7. The molecule has 1 aliphatic heterocycles. The monoisotopic (exact) mass is 362 g/mol. The van der Waals surface area contributed by atoms with Crippen LogP contribution in [-0.4, -0.2) is 22.7 Å². The molecule has 0 aliphatic carbocycles. The number of aromatic nitrogens is 2. The third-order valence-electron chi connectivity index (χ3n) is 3.99. The van der Waals surface area contributed by atoms with Gasteiger partial charge in [0.25, 0.3) is 5.91 Å². The quantitative estimate of drug-likeness (QED) is 0.734. The molecular formula is C20H18N4O3. The van der Waals surface area contributed by atoms with Crippen LogP contribution < -0.4 is 20.1 Å². The van der Waals surface area contributed by atoms with Gasteiger partial charge in [0.1, 0.15) is 0 Å². The van der Waals surface area contributed by atoms with Crippen molar-refractivity contribution in [2.75, 3.05) is 17.4 Å². The second kappa shape index (κ2) is 6.95. The Balaban J connectivity index is 1.49. The number of carbonyl (C=O) groups is 1. The van der Waals surface area contributed by atoms with Gasteiger partial charge in [-0.3, -0.25) is 4.79 Å². The van der Waals surface area contributed by atoms with Gasteiger partial charge in [0.2, 0.25) is 12.7 Å². The molecule has 1 aliphatic rings. The van der Waals surface area contributed by atoms with Crippen LogP contribution in [0.2, 0.25) is 0 Å². The minimum absolute atomic E-state index is 0.175.